The minimum atomic E-state index is 0.607. The Bertz CT molecular complexity index is 578. The van der Waals surface area contributed by atoms with Gasteiger partial charge in [0.05, 0.1) is 0 Å². The van der Waals surface area contributed by atoms with Crippen molar-refractivity contribution < 1.29 is 9.47 Å². The van der Waals surface area contributed by atoms with Gasteiger partial charge in [-0.15, -0.1) is 0 Å². The van der Waals surface area contributed by atoms with Crippen molar-refractivity contribution in [2.45, 2.75) is 46.3 Å². The van der Waals surface area contributed by atoms with Crippen LogP contribution in [0.5, 0.6) is 5.75 Å². The third-order valence-electron chi connectivity index (χ3n) is 4.06. The Morgan fingerprint density at radius 2 is 1.52 bits per heavy atom. The molecule has 0 aliphatic rings. The second-order valence-electron chi connectivity index (χ2n) is 6.41. The summed E-state index contributed by atoms with van der Waals surface area (Å²) in [6, 6.07) is 16.8. The lowest BCUT2D eigenvalue weighted by molar-refractivity contribution is 0.129. The van der Waals surface area contributed by atoms with Crippen molar-refractivity contribution in [1.82, 2.24) is 5.32 Å². The highest BCUT2D eigenvalue weighted by molar-refractivity contribution is 5.28. The molecule has 136 valence electrons. The van der Waals surface area contributed by atoms with E-state index in [4.69, 9.17) is 9.47 Å². The normalized spacial score (nSPS) is 10.8. The van der Waals surface area contributed by atoms with Crippen LogP contribution in [-0.2, 0) is 17.9 Å². The van der Waals surface area contributed by atoms with E-state index in [1.807, 2.05) is 12.1 Å². The smallest absolute Gasteiger partial charge is 0.119 e. The van der Waals surface area contributed by atoms with E-state index in [1.54, 1.807) is 0 Å². The summed E-state index contributed by atoms with van der Waals surface area (Å²) in [6.45, 7) is 8.49. The fourth-order valence-corrected chi connectivity index (χ4v) is 2.43. The molecule has 2 aromatic rings. The van der Waals surface area contributed by atoms with Crippen molar-refractivity contribution in [3.63, 3.8) is 0 Å². The Morgan fingerprint density at radius 1 is 0.840 bits per heavy atom. The highest BCUT2D eigenvalue weighted by atomic mass is 16.5. The van der Waals surface area contributed by atoms with E-state index in [-0.39, 0.29) is 0 Å². The number of unbranched alkanes of at least 4 members (excludes halogenated alkanes) is 1. The minimum absolute atomic E-state index is 0.607. The molecule has 0 fully saturated rings. The van der Waals surface area contributed by atoms with Gasteiger partial charge < -0.3 is 14.8 Å². The predicted octanol–water partition coefficient (Wildman–Crippen LogP) is 4.87. The van der Waals surface area contributed by atoms with Crippen molar-refractivity contribution in [1.29, 1.82) is 0 Å². The molecule has 0 aromatic heterocycles. The number of hydrogen-bond donors (Lipinski definition) is 1. The maximum atomic E-state index is 5.84. The lowest BCUT2D eigenvalue weighted by Crippen LogP contribution is -2.16. The lowest BCUT2D eigenvalue weighted by atomic mass is 10.2. The summed E-state index contributed by atoms with van der Waals surface area (Å²) < 4.78 is 11.4. The van der Waals surface area contributed by atoms with Crippen molar-refractivity contribution in [3.05, 3.63) is 65.2 Å². The Morgan fingerprint density at radius 3 is 2.24 bits per heavy atom. The zero-order valence-electron chi connectivity index (χ0n) is 15.6. The molecule has 3 heteroatoms. The molecule has 0 saturated heterocycles. The van der Waals surface area contributed by atoms with Crippen LogP contribution in [0.1, 0.15) is 42.9 Å². The monoisotopic (exact) mass is 341 g/mol. The van der Waals surface area contributed by atoms with Crippen LogP contribution < -0.4 is 10.1 Å². The zero-order chi connectivity index (χ0) is 17.7. The SMILES string of the molecule is CCCCOCCCNCc1ccc(OCc2ccc(C)cc2)cc1. The summed E-state index contributed by atoms with van der Waals surface area (Å²) in [7, 11) is 0. The third kappa shape index (κ3) is 8.19. The second kappa shape index (κ2) is 11.7. The number of benzene rings is 2. The van der Waals surface area contributed by atoms with Crippen LogP contribution in [-0.4, -0.2) is 19.8 Å². The third-order valence-corrected chi connectivity index (χ3v) is 4.06. The van der Waals surface area contributed by atoms with Gasteiger partial charge in [-0.2, -0.15) is 0 Å². The molecule has 0 aliphatic carbocycles. The van der Waals surface area contributed by atoms with E-state index in [1.165, 1.54) is 23.1 Å². The molecule has 0 aliphatic heterocycles. The fraction of sp³-hybridized carbons (Fsp3) is 0.455. The second-order valence-corrected chi connectivity index (χ2v) is 6.41. The fourth-order valence-electron chi connectivity index (χ4n) is 2.43. The van der Waals surface area contributed by atoms with E-state index in [2.05, 4.69) is 55.6 Å². The van der Waals surface area contributed by atoms with Crippen molar-refractivity contribution >= 4 is 0 Å². The Labute approximate surface area is 152 Å². The van der Waals surface area contributed by atoms with Crippen LogP contribution in [0.25, 0.3) is 0 Å². The van der Waals surface area contributed by atoms with E-state index in [9.17, 15) is 0 Å². The summed E-state index contributed by atoms with van der Waals surface area (Å²) in [5.74, 6) is 0.911. The van der Waals surface area contributed by atoms with Gasteiger partial charge in [0.25, 0.3) is 0 Å². The van der Waals surface area contributed by atoms with Gasteiger partial charge in [-0.3, -0.25) is 0 Å². The average molecular weight is 341 g/mol. The predicted molar refractivity (Wildman–Crippen MR) is 104 cm³/mol. The molecule has 0 saturated carbocycles. The number of ether oxygens (including phenoxy) is 2. The maximum Gasteiger partial charge on any atom is 0.119 e. The van der Waals surface area contributed by atoms with Gasteiger partial charge in [0.2, 0.25) is 0 Å². The molecule has 3 nitrogen and oxygen atoms in total. The quantitative estimate of drug-likeness (QED) is 0.559. The van der Waals surface area contributed by atoms with E-state index in [0.717, 1.165) is 44.9 Å². The van der Waals surface area contributed by atoms with Gasteiger partial charge in [-0.25, -0.2) is 0 Å². The summed E-state index contributed by atoms with van der Waals surface area (Å²) >= 11 is 0. The van der Waals surface area contributed by atoms with Gasteiger partial charge in [0.1, 0.15) is 12.4 Å². The van der Waals surface area contributed by atoms with Crippen LogP contribution in [0.15, 0.2) is 48.5 Å². The first-order valence-corrected chi connectivity index (χ1v) is 9.33. The molecular weight excluding hydrogens is 310 g/mol. The number of aryl methyl sites for hydroxylation is 1. The highest BCUT2D eigenvalue weighted by Crippen LogP contribution is 2.14. The lowest BCUT2D eigenvalue weighted by Gasteiger charge is -2.09. The maximum absolute atomic E-state index is 5.84. The molecule has 0 bridgehead atoms. The van der Waals surface area contributed by atoms with E-state index >= 15 is 0 Å². The molecule has 2 aromatic carbocycles. The first kappa shape index (κ1) is 19.5. The zero-order valence-corrected chi connectivity index (χ0v) is 15.6. The molecule has 0 amide bonds. The molecule has 1 N–H and O–H groups in total. The van der Waals surface area contributed by atoms with Crippen LogP contribution in [0.4, 0.5) is 0 Å². The van der Waals surface area contributed by atoms with Gasteiger partial charge in [0, 0.05) is 19.8 Å². The van der Waals surface area contributed by atoms with Gasteiger partial charge in [-0.05, 0) is 49.6 Å². The largest absolute Gasteiger partial charge is 0.489 e. The molecule has 0 unspecified atom stereocenters. The number of hydrogen-bond acceptors (Lipinski definition) is 3. The molecule has 0 spiro atoms. The Hall–Kier alpha value is -1.84. The Balaban J connectivity index is 1.60. The average Bonchev–Trinajstić information content (AvgIpc) is 2.64. The summed E-state index contributed by atoms with van der Waals surface area (Å²) in [5, 5.41) is 3.45. The first-order chi connectivity index (χ1) is 12.3. The Kier molecular flexibility index (Phi) is 9.09. The number of rotatable bonds is 12. The van der Waals surface area contributed by atoms with Gasteiger partial charge in [0.15, 0.2) is 0 Å². The molecule has 0 heterocycles. The van der Waals surface area contributed by atoms with Crippen LogP contribution in [0.3, 0.4) is 0 Å². The standard InChI is InChI=1S/C22H31NO2/c1-3-4-15-24-16-5-14-23-17-20-10-12-22(13-11-20)25-18-21-8-6-19(2)7-9-21/h6-13,23H,3-5,14-18H2,1-2H3. The molecular formula is C22H31NO2. The highest BCUT2D eigenvalue weighted by Gasteiger charge is 1.98. The first-order valence-electron chi connectivity index (χ1n) is 9.33. The van der Waals surface area contributed by atoms with Crippen molar-refractivity contribution in [3.8, 4) is 5.75 Å². The minimum Gasteiger partial charge on any atom is -0.489 e. The van der Waals surface area contributed by atoms with Crippen molar-refractivity contribution in [2.24, 2.45) is 0 Å². The summed E-state index contributed by atoms with van der Waals surface area (Å²) in [6.07, 6.45) is 3.41. The number of nitrogens with one attached hydrogen (secondary N) is 1. The van der Waals surface area contributed by atoms with E-state index in [0.29, 0.717) is 6.61 Å². The molecule has 0 atom stereocenters. The summed E-state index contributed by atoms with van der Waals surface area (Å²) in [4.78, 5) is 0. The van der Waals surface area contributed by atoms with Gasteiger partial charge in [-0.1, -0.05) is 55.3 Å². The molecule has 2 rings (SSSR count). The van der Waals surface area contributed by atoms with Gasteiger partial charge >= 0.3 is 0 Å². The van der Waals surface area contributed by atoms with Crippen LogP contribution in [0.2, 0.25) is 0 Å². The molecule has 25 heavy (non-hydrogen) atoms. The topological polar surface area (TPSA) is 30.5 Å². The molecule has 0 radical (unpaired) electrons. The van der Waals surface area contributed by atoms with Crippen molar-refractivity contribution in [2.75, 3.05) is 19.8 Å². The summed E-state index contributed by atoms with van der Waals surface area (Å²) in [5.41, 5.74) is 3.74. The van der Waals surface area contributed by atoms with Crippen LogP contribution >= 0.6 is 0 Å². The van der Waals surface area contributed by atoms with Crippen LogP contribution in [0, 0.1) is 6.92 Å². The van der Waals surface area contributed by atoms with E-state index < -0.39 is 0 Å².